The Hall–Kier alpha value is -3.11. The minimum atomic E-state index is -0.290. The number of carbonyl (C=O) groups is 1. The number of furan rings is 1. The highest BCUT2D eigenvalue weighted by atomic mass is 16.3. The number of nitrogens with zero attached hydrogens (tertiary/aromatic N) is 1. The molecule has 0 bridgehead atoms. The average Bonchev–Trinajstić information content (AvgIpc) is 3.30. The normalized spacial score (nSPS) is 20.1. The van der Waals surface area contributed by atoms with Gasteiger partial charge in [0.15, 0.2) is 0 Å². The summed E-state index contributed by atoms with van der Waals surface area (Å²) in [6.45, 7) is 1.22. The van der Waals surface area contributed by atoms with Gasteiger partial charge in [-0.2, -0.15) is 0 Å². The molecule has 148 valence electrons. The predicted molar refractivity (Wildman–Crippen MR) is 114 cm³/mol. The summed E-state index contributed by atoms with van der Waals surface area (Å²) in [6, 6.07) is 23.7. The molecule has 2 heterocycles. The molecule has 0 saturated carbocycles. The zero-order valence-corrected chi connectivity index (χ0v) is 16.4. The molecule has 2 atom stereocenters. The van der Waals surface area contributed by atoms with Gasteiger partial charge in [-0.1, -0.05) is 72.8 Å². The van der Waals surface area contributed by atoms with Crippen LogP contribution in [0.3, 0.4) is 0 Å². The van der Waals surface area contributed by atoms with Gasteiger partial charge >= 0.3 is 0 Å². The van der Waals surface area contributed by atoms with Crippen LogP contribution in [-0.4, -0.2) is 23.4 Å². The van der Waals surface area contributed by atoms with Gasteiger partial charge in [-0.15, -0.1) is 0 Å². The Balaban J connectivity index is 1.67. The van der Waals surface area contributed by atoms with Crippen LogP contribution in [-0.2, 0) is 17.8 Å². The van der Waals surface area contributed by atoms with Gasteiger partial charge in [0, 0.05) is 13.1 Å². The first-order chi connectivity index (χ1) is 14.3. The van der Waals surface area contributed by atoms with E-state index in [1.807, 2.05) is 53.4 Å². The van der Waals surface area contributed by atoms with Crippen LogP contribution in [0.2, 0.25) is 0 Å². The quantitative estimate of drug-likeness (QED) is 0.656. The molecule has 4 rings (SSSR count). The Labute approximate surface area is 171 Å². The van der Waals surface area contributed by atoms with Gasteiger partial charge in [0.1, 0.15) is 5.76 Å². The largest absolute Gasteiger partial charge is 0.467 e. The summed E-state index contributed by atoms with van der Waals surface area (Å²) >= 11 is 0. The lowest BCUT2D eigenvalue weighted by atomic mass is 10.0. The zero-order chi connectivity index (χ0) is 19.9. The van der Waals surface area contributed by atoms with E-state index in [1.165, 1.54) is 0 Å². The van der Waals surface area contributed by atoms with E-state index in [1.54, 1.807) is 6.26 Å². The molecule has 29 heavy (non-hydrogen) atoms. The van der Waals surface area contributed by atoms with Gasteiger partial charge in [-0.3, -0.25) is 4.79 Å². The second kappa shape index (κ2) is 9.39. The van der Waals surface area contributed by atoms with E-state index in [2.05, 4.69) is 41.7 Å². The molecule has 1 N–H and O–H groups in total. The fraction of sp³-hybridized carbons (Fsp3) is 0.240. The average molecular weight is 386 g/mol. The summed E-state index contributed by atoms with van der Waals surface area (Å²) in [6.07, 6.45) is 7.30. The highest BCUT2D eigenvalue weighted by molar-refractivity contribution is 5.82. The highest BCUT2D eigenvalue weighted by Gasteiger charge is 2.32. The van der Waals surface area contributed by atoms with Gasteiger partial charge in [0.05, 0.1) is 18.3 Å². The second-order valence-corrected chi connectivity index (χ2v) is 7.34. The van der Waals surface area contributed by atoms with Crippen LogP contribution in [0.1, 0.15) is 29.3 Å². The van der Waals surface area contributed by atoms with Crippen molar-refractivity contribution in [1.82, 2.24) is 10.2 Å². The summed E-state index contributed by atoms with van der Waals surface area (Å²) in [4.78, 5) is 15.7. The van der Waals surface area contributed by atoms with Crippen molar-refractivity contribution in [2.45, 2.75) is 31.5 Å². The first-order valence-electron chi connectivity index (χ1n) is 10.1. The molecule has 0 aliphatic carbocycles. The Bertz CT molecular complexity index is 920. The second-order valence-electron chi connectivity index (χ2n) is 7.34. The minimum absolute atomic E-state index is 0.0998. The number of carbonyl (C=O) groups excluding carboxylic acids is 1. The van der Waals surface area contributed by atoms with E-state index in [4.69, 9.17) is 4.42 Å². The van der Waals surface area contributed by atoms with Gasteiger partial charge in [-0.05, 0) is 36.1 Å². The highest BCUT2D eigenvalue weighted by Crippen LogP contribution is 2.29. The van der Waals surface area contributed by atoms with Crippen molar-refractivity contribution in [2.24, 2.45) is 0 Å². The molecule has 0 spiro atoms. The zero-order valence-electron chi connectivity index (χ0n) is 16.4. The number of hydrogen-bond acceptors (Lipinski definition) is 3. The van der Waals surface area contributed by atoms with E-state index in [-0.39, 0.29) is 18.0 Å². The van der Waals surface area contributed by atoms with Crippen LogP contribution in [0.4, 0.5) is 0 Å². The number of benzene rings is 2. The lowest BCUT2D eigenvalue weighted by Crippen LogP contribution is -2.48. The Kier molecular flexibility index (Phi) is 6.22. The fourth-order valence-electron chi connectivity index (χ4n) is 3.82. The molecule has 1 aliphatic heterocycles. The van der Waals surface area contributed by atoms with Crippen molar-refractivity contribution in [3.05, 3.63) is 108 Å². The minimum Gasteiger partial charge on any atom is -0.467 e. The van der Waals surface area contributed by atoms with Gasteiger partial charge in [0.2, 0.25) is 5.91 Å². The van der Waals surface area contributed by atoms with E-state index >= 15 is 0 Å². The van der Waals surface area contributed by atoms with Crippen molar-refractivity contribution in [2.75, 3.05) is 6.54 Å². The first-order valence-corrected chi connectivity index (χ1v) is 10.1. The third-order valence-electron chi connectivity index (χ3n) is 5.32. The van der Waals surface area contributed by atoms with Crippen molar-refractivity contribution in [3.63, 3.8) is 0 Å². The molecule has 1 aromatic heterocycles. The lowest BCUT2D eigenvalue weighted by molar-refractivity contribution is -0.137. The molecular formula is C25H26N2O2. The van der Waals surface area contributed by atoms with Gasteiger partial charge in [0.25, 0.3) is 0 Å². The number of nitrogens with one attached hydrogen (secondary N) is 1. The maximum absolute atomic E-state index is 13.8. The molecule has 0 saturated heterocycles. The van der Waals surface area contributed by atoms with E-state index in [9.17, 15) is 4.79 Å². The van der Waals surface area contributed by atoms with Gasteiger partial charge in [-0.25, -0.2) is 0 Å². The molecule has 1 aliphatic rings. The van der Waals surface area contributed by atoms with E-state index in [0.717, 1.165) is 23.3 Å². The molecule has 0 unspecified atom stereocenters. The smallest absolute Gasteiger partial charge is 0.240 e. The van der Waals surface area contributed by atoms with E-state index < -0.39 is 0 Å². The maximum Gasteiger partial charge on any atom is 0.240 e. The fourth-order valence-corrected chi connectivity index (χ4v) is 3.82. The molecule has 0 radical (unpaired) electrons. The molecule has 4 nitrogen and oxygen atoms in total. The van der Waals surface area contributed by atoms with Crippen molar-refractivity contribution in [1.29, 1.82) is 0 Å². The first kappa shape index (κ1) is 19.2. The van der Waals surface area contributed by atoms with Crippen molar-refractivity contribution in [3.8, 4) is 0 Å². The van der Waals surface area contributed by atoms with Crippen LogP contribution >= 0.6 is 0 Å². The standard InChI is InChI=1S/C25H26N2O2/c28-25-22(18-20-10-3-1-4-11-20)26-16-8-7-14-23(24-15-9-17-29-24)27(25)19-21-12-5-2-6-13-21/h1-13,15,17,22-23,26H,14,16,18-19H2/t22-,23-/m0/s1. The summed E-state index contributed by atoms with van der Waals surface area (Å²) in [5, 5.41) is 3.43. The molecule has 0 fully saturated rings. The maximum atomic E-state index is 13.8. The van der Waals surface area contributed by atoms with Crippen LogP contribution in [0, 0.1) is 0 Å². The third-order valence-corrected chi connectivity index (χ3v) is 5.32. The summed E-state index contributed by atoms with van der Waals surface area (Å²) < 4.78 is 5.73. The van der Waals surface area contributed by atoms with Crippen LogP contribution in [0.15, 0.2) is 95.6 Å². The molecule has 4 heteroatoms. The van der Waals surface area contributed by atoms with Crippen molar-refractivity contribution >= 4 is 5.91 Å². The Morgan fingerprint density at radius 3 is 2.31 bits per heavy atom. The SMILES string of the molecule is O=C1[C@H](Cc2ccccc2)NCC=CC[C@@H](c2ccco2)N1Cc1ccccc1. The summed E-state index contributed by atoms with van der Waals surface area (Å²) in [5.41, 5.74) is 2.26. The third kappa shape index (κ3) is 4.84. The van der Waals surface area contributed by atoms with Crippen LogP contribution in [0.5, 0.6) is 0 Å². The molecule has 3 aromatic rings. The van der Waals surface area contributed by atoms with Crippen LogP contribution in [0.25, 0.3) is 0 Å². The van der Waals surface area contributed by atoms with Crippen molar-refractivity contribution < 1.29 is 9.21 Å². The topological polar surface area (TPSA) is 45.5 Å². The summed E-state index contributed by atoms with van der Waals surface area (Å²) in [7, 11) is 0. The Morgan fingerprint density at radius 1 is 0.897 bits per heavy atom. The van der Waals surface area contributed by atoms with Gasteiger partial charge < -0.3 is 14.6 Å². The molecule has 2 aromatic carbocycles. The number of rotatable bonds is 5. The molecule has 1 amide bonds. The number of hydrogen-bond donors (Lipinski definition) is 1. The van der Waals surface area contributed by atoms with E-state index in [0.29, 0.717) is 19.5 Å². The Morgan fingerprint density at radius 2 is 1.62 bits per heavy atom. The summed E-state index contributed by atoms with van der Waals surface area (Å²) in [5.74, 6) is 0.919. The monoisotopic (exact) mass is 386 g/mol. The van der Waals surface area contributed by atoms with Crippen LogP contribution < -0.4 is 5.32 Å². The number of amides is 1. The predicted octanol–water partition coefficient (Wildman–Crippen LogP) is 4.51. The molecular weight excluding hydrogens is 360 g/mol. The lowest BCUT2D eigenvalue weighted by Gasteiger charge is -2.33.